The van der Waals surface area contributed by atoms with Gasteiger partial charge in [-0.25, -0.2) is 0 Å². The number of rotatable bonds is 10. The van der Waals surface area contributed by atoms with Crippen LogP contribution in [0.25, 0.3) is 0 Å². The number of fused-ring (bicyclic) bond motifs is 1. The van der Waals surface area contributed by atoms with Gasteiger partial charge in [0.1, 0.15) is 5.69 Å². The van der Waals surface area contributed by atoms with E-state index >= 15 is 0 Å². The number of ether oxygens (including phenoxy) is 1. The van der Waals surface area contributed by atoms with Crippen LogP contribution in [0.2, 0.25) is 0 Å². The number of carboxylic acids is 1. The summed E-state index contributed by atoms with van der Waals surface area (Å²) in [7, 11) is -3.26. The second-order valence-electron chi connectivity index (χ2n) is 11.0. The number of hydrogen-bond acceptors (Lipinski definition) is 8. The van der Waals surface area contributed by atoms with Crippen molar-refractivity contribution in [1.82, 2.24) is 24.3 Å². The van der Waals surface area contributed by atoms with E-state index in [9.17, 15) is 19.0 Å². The average molecular weight is 558 g/mol. The third-order valence-electron chi connectivity index (χ3n) is 7.27. The molecule has 1 aliphatic heterocycles. The highest BCUT2D eigenvalue weighted by molar-refractivity contribution is 8.22. The molecule has 2 aromatic heterocycles. The normalized spacial score (nSPS) is 19.2. The fraction of sp³-hybridized carbons (Fsp3) is 0.500. The van der Waals surface area contributed by atoms with Crippen molar-refractivity contribution < 1.29 is 23.7 Å². The second kappa shape index (κ2) is 11.7. The van der Waals surface area contributed by atoms with Crippen LogP contribution in [0.4, 0.5) is 0 Å². The maximum atomic E-state index is 12.3. The van der Waals surface area contributed by atoms with E-state index in [1.807, 2.05) is 37.4 Å². The molecule has 0 aliphatic carbocycles. The minimum Gasteiger partial charge on any atom is -0.481 e. The number of carboxylic acid groups (broad SMARTS) is 1. The standard InChI is InChI=1S/C28H39N5O5S/c1-6-11-32-17-24(30-31-32)18-38-26(28(4,5)27(34)35)22-8-7-20(3)23(13-22)16-33-15-19(2)12-21-9-10-29-14-25(21)39(33,36)37/h7-10,13-14,17,19,26,36-37H,6,11-12,15-16,18H2,1-5H3,(H,34,35). The van der Waals surface area contributed by atoms with Gasteiger partial charge in [-0.3, -0.25) is 23.6 Å². The van der Waals surface area contributed by atoms with Crippen LogP contribution in [0, 0.1) is 18.3 Å². The van der Waals surface area contributed by atoms with Crippen molar-refractivity contribution in [2.24, 2.45) is 11.3 Å². The molecule has 11 heteroatoms. The van der Waals surface area contributed by atoms with Crippen LogP contribution in [0.3, 0.4) is 0 Å². The Morgan fingerprint density at radius 1 is 1.28 bits per heavy atom. The molecule has 4 rings (SSSR count). The minimum absolute atomic E-state index is 0.113. The van der Waals surface area contributed by atoms with Crippen molar-refractivity contribution in [3.05, 3.63) is 70.8 Å². The van der Waals surface area contributed by atoms with Gasteiger partial charge in [0.2, 0.25) is 0 Å². The van der Waals surface area contributed by atoms with Crippen molar-refractivity contribution in [3.8, 4) is 0 Å². The molecular formula is C28H39N5O5S. The zero-order valence-corrected chi connectivity index (χ0v) is 24.1. The first-order valence-corrected chi connectivity index (χ1v) is 14.7. The number of hydrogen-bond donors (Lipinski definition) is 3. The number of carbonyl (C=O) groups is 1. The lowest BCUT2D eigenvalue weighted by molar-refractivity contribution is -0.158. The van der Waals surface area contributed by atoms with E-state index in [0.717, 1.165) is 36.1 Å². The van der Waals surface area contributed by atoms with Crippen LogP contribution in [-0.2, 0) is 35.6 Å². The molecule has 39 heavy (non-hydrogen) atoms. The van der Waals surface area contributed by atoms with E-state index in [1.54, 1.807) is 35.2 Å². The molecule has 0 saturated carbocycles. The highest BCUT2D eigenvalue weighted by Crippen LogP contribution is 2.55. The summed E-state index contributed by atoms with van der Waals surface area (Å²) in [6, 6.07) is 7.59. The third kappa shape index (κ3) is 6.33. The fourth-order valence-electron chi connectivity index (χ4n) is 4.97. The second-order valence-corrected chi connectivity index (χ2v) is 13.0. The number of pyridine rings is 1. The molecule has 0 radical (unpaired) electrons. The largest absolute Gasteiger partial charge is 0.481 e. The van der Waals surface area contributed by atoms with E-state index in [4.69, 9.17) is 4.74 Å². The smallest absolute Gasteiger partial charge is 0.312 e. The molecular weight excluding hydrogens is 518 g/mol. The summed E-state index contributed by atoms with van der Waals surface area (Å²) in [5, 5.41) is 18.3. The molecule has 2 atom stereocenters. The first-order chi connectivity index (χ1) is 18.4. The van der Waals surface area contributed by atoms with Crippen molar-refractivity contribution in [2.45, 2.75) is 78.2 Å². The van der Waals surface area contributed by atoms with E-state index in [0.29, 0.717) is 22.7 Å². The Hall–Kier alpha value is -2.83. The first kappa shape index (κ1) is 29.2. The molecule has 212 valence electrons. The molecule has 1 aliphatic rings. The van der Waals surface area contributed by atoms with E-state index in [1.165, 1.54) is 0 Å². The number of aliphatic carboxylic acids is 1. The zero-order chi connectivity index (χ0) is 28.4. The lowest BCUT2D eigenvalue weighted by Gasteiger charge is -2.43. The highest BCUT2D eigenvalue weighted by atomic mass is 32.3. The average Bonchev–Trinajstić information content (AvgIpc) is 3.29. The van der Waals surface area contributed by atoms with Gasteiger partial charge in [-0.05, 0) is 67.9 Å². The minimum atomic E-state index is -3.26. The summed E-state index contributed by atoms with van der Waals surface area (Å²) in [6.07, 6.45) is 5.92. The molecule has 3 heterocycles. The summed E-state index contributed by atoms with van der Waals surface area (Å²) in [5.74, 6) is -0.782. The summed E-state index contributed by atoms with van der Waals surface area (Å²) in [5.41, 5.74) is 2.82. The fourth-order valence-corrected chi connectivity index (χ4v) is 6.73. The lowest BCUT2D eigenvalue weighted by atomic mass is 9.81. The maximum absolute atomic E-state index is 12.3. The van der Waals surface area contributed by atoms with Gasteiger partial charge in [-0.15, -0.1) is 15.9 Å². The molecule has 0 bridgehead atoms. The van der Waals surface area contributed by atoms with Crippen LogP contribution in [0.1, 0.15) is 68.2 Å². The molecule has 0 fully saturated rings. The van der Waals surface area contributed by atoms with Crippen LogP contribution in [0.15, 0.2) is 47.8 Å². The Kier molecular flexibility index (Phi) is 8.77. The lowest BCUT2D eigenvalue weighted by Crippen LogP contribution is -2.33. The van der Waals surface area contributed by atoms with Gasteiger partial charge in [0.15, 0.2) is 0 Å². The SMILES string of the molecule is CCCn1cc(COC(c2ccc(C)c(CN3CC(C)Cc4ccncc4S3(O)O)c2)C(C)(C)C(=O)O)nn1. The molecule has 0 spiro atoms. The van der Waals surface area contributed by atoms with Crippen LogP contribution in [0.5, 0.6) is 0 Å². The molecule has 10 nitrogen and oxygen atoms in total. The van der Waals surface area contributed by atoms with Crippen molar-refractivity contribution in [3.63, 3.8) is 0 Å². The topological polar surface area (TPSA) is 134 Å². The summed E-state index contributed by atoms with van der Waals surface area (Å²) < 4.78 is 32.4. The van der Waals surface area contributed by atoms with E-state index in [-0.39, 0.29) is 19.1 Å². The van der Waals surface area contributed by atoms with Crippen molar-refractivity contribution >= 4 is 16.7 Å². The highest BCUT2D eigenvalue weighted by Gasteiger charge is 2.40. The van der Waals surface area contributed by atoms with Gasteiger partial charge in [0, 0.05) is 25.8 Å². The number of aryl methyl sites for hydroxylation is 2. The predicted molar refractivity (Wildman–Crippen MR) is 149 cm³/mol. The Labute approximate surface area is 231 Å². The van der Waals surface area contributed by atoms with Crippen LogP contribution < -0.4 is 0 Å². The monoisotopic (exact) mass is 557 g/mol. The van der Waals surface area contributed by atoms with Crippen LogP contribution in [-0.4, -0.2) is 51.0 Å². The molecule has 1 aromatic carbocycles. The van der Waals surface area contributed by atoms with Gasteiger partial charge < -0.3 is 9.84 Å². The van der Waals surface area contributed by atoms with Gasteiger partial charge in [-0.1, -0.05) is 37.3 Å². The predicted octanol–water partition coefficient (Wildman–Crippen LogP) is 5.48. The van der Waals surface area contributed by atoms with Gasteiger partial charge in [-0.2, -0.15) is 4.31 Å². The van der Waals surface area contributed by atoms with Crippen LogP contribution >= 0.6 is 10.8 Å². The number of benzene rings is 1. The van der Waals surface area contributed by atoms with E-state index in [2.05, 4.69) is 29.1 Å². The Bertz CT molecular complexity index is 1310. The number of nitrogens with zero attached hydrogens (tertiary/aromatic N) is 5. The van der Waals surface area contributed by atoms with Gasteiger partial charge in [0.05, 0.1) is 35.4 Å². The van der Waals surface area contributed by atoms with Crippen molar-refractivity contribution in [2.75, 3.05) is 6.54 Å². The summed E-state index contributed by atoms with van der Waals surface area (Å²) in [4.78, 5) is 16.9. The maximum Gasteiger partial charge on any atom is 0.312 e. The molecule has 0 amide bonds. The van der Waals surface area contributed by atoms with Gasteiger partial charge in [0.25, 0.3) is 0 Å². The third-order valence-corrected chi connectivity index (χ3v) is 9.23. The summed E-state index contributed by atoms with van der Waals surface area (Å²) >= 11 is 0. The first-order valence-electron chi connectivity index (χ1n) is 13.2. The van der Waals surface area contributed by atoms with Gasteiger partial charge >= 0.3 is 5.97 Å². The Morgan fingerprint density at radius 3 is 2.77 bits per heavy atom. The zero-order valence-electron chi connectivity index (χ0n) is 23.2. The molecule has 3 N–H and O–H groups in total. The quantitative estimate of drug-likeness (QED) is 0.296. The van der Waals surface area contributed by atoms with E-state index < -0.39 is 28.3 Å². The Balaban J connectivity index is 1.64. The number of aromatic nitrogens is 4. The molecule has 0 saturated heterocycles. The van der Waals surface area contributed by atoms with Crippen molar-refractivity contribution in [1.29, 1.82) is 0 Å². The molecule has 2 unspecified atom stereocenters. The Morgan fingerprint density at radius 2 is 2.05 bits per heavy atom. The molecule has 3 aromatic rings. The summed E-state index contributed by atoms with van der Waals surface area (Å²) in [6.45, 7) is 11.0.